The van der Waals surface area contributed by atoms with E-state index in [1.165, 1.54) is 0 Å². The summed E-state index contributed by atoms with van der Waals surface area (Å²) in [5, 5.41) is 0. The van der Waals surface area contributed by atoms with E-state index >= 15 is 0 Å². The van der Waals surface area contributed by atoms with E-state index in [1.54, 1.807) is 13.3 Å². The van der Waals surface area contributed by atoms with E-state index in [1.807, 2.05) is 19.1 Å². The van der Waals surface area contributed by atoms with Gasteiger partial charge in [0.1, 0.15) is 0 Å². The van der Waals surface area contributed by atoms with Crippen LogP contribution in [0.1, 0.15) is 46.0 Å². The number of unbranched alkanes of at least 4 members (excludes halogenated alkanes) is 1. The summed E-state index contributed by atoms with van der Waals surface area (Å²) in [7, 11) is 1.73. The van der Waals surface area contributed by atoms with Gasteiger partial charge in [0.25, 0.3) is 0 Å². The maximum atomic E-state index is 11.6. The lowest BCUT2D eigenvalue weighted by Crippen LogP contribution is -2.15. The van der Waals surface area contributed by atoms with Crippen molar-refractivity contribution in [3.8, 4) is 0 Å². The Morgan fingerprint density at radius 2 is 2.16 bits per heavy atom. The number of nitrogens with zero attached hydrogens (tertiary/aromatic N) is 1. The standard InChI is InChI=1S/C16H27NO2/c1-5-6-11-15(3)16(18)19-13-8-10-14(2)9-7-12-17-4/h7,9,12,15H,2,5-6,8,10-11,13H2,1,3-4H3/b9-7-,17-12?. The van der Waals surface area contributed by atoms with Crippen LogP contribution in [0.5, 0.6) is 0 Å². The van der Waals surface area contributed by atoms with Crippen molar-refractivity contribution in [2.75, 3.05) is 13.7 Å². The molecule has 0 bridgehead atoms. The molecule has 0 aliphatic heterocycles. The summed E-state index contributed by atoms with van der Waals surface area (Å²) in [5.74, 6) is -0.0588. The Morgan fingerprint density at radius 1 is 1.42 bits per heavy atom. The van der Waals surface area contributed by atoms with Crippen molar-refractivity contribution in [1.82, 2.24) is 0 Å². The highest BCUT2D eigenvalue weighted by Gasteiger charge is 2.13. The van der Waals surface area contributed by atoms with Crippen LogP contribution < -0.4 is 0 Å². The van der Waals surface area contributed by atoms with Gasteiger partial charge in [0.05, 0.1) is 12.5 Å². The SMILES string of the molecule is C=C(/C=C\C=NC)CCCOC(=O)C(C)CCCC. The summed E-state index contributed by atoms with van der Waals surface area (Å²) < 4.78 is 5.25. The fourth-order valence-corrected chi connectivity index (χ4v) is 1.59. The number of rotatable bonds is 10. The van der Waals surface area contributed by atoms with Crippen molar-refractivity contribution >= 4 is 12.2 Å². The van der Waals surface area contributed by atoms with Gasteiger partial charge in [-0.3, -0.25) is 9.79 Å². The Morgan fingerprint density at radius 3 is 2.79 bits per heavy atom. The van der Waals surface area contributed by atoms with Crippen molar-refractivity contribution in [3.05, 3.63) is 24.3 Å². The smallest absolute Gasteiger partial charge is 0.308 e. The predicted molar refractivity (Wildman–Crippen MR) is 81.6 cm³/mol. The van der Waals surface area contributed by atoms with E-state index in [0.29, 0.717) is 6.61 Å². The molecule has 0 heterocycles. The normalized spacial score (nSPS) is 13.0. The molecule has 0 aromatic carbocycles. The van der Waals surface area contributed by atoms with Crippen LogP contribution in [0.4, 0.5) is 0 Å². The number of carbonyl (C=O) groups is 1. The first kappa shape index (κ1) is 17.6. The molecule has 1 unspecified atom stereocenters. The van der Waals surface area contributed by atoms with Gasteiger partial charge in [-0.25, -0.2) is 0 Å². The van der Waals surface area contributed by atoms with Gasteiger partial charge in [0.15, 0.2) is 0 Å². The van der Waals surface area contributed by atoms with Crippen LogP contribution in [0.15, 0.2) is 29.3 Å². The number of carbonyl (C=O) groups excluding carboxylic acids is 1. The van der Waals surface area contributed by atoms with Gasteiger partial charge in [0.2, 0.25) is 0 Å². The maximum Gasteiger partial charge on any atom is 0.308 e. The molecule has 0 rings (SSSR count). The van der Waals surface area contributed by atoms with Crippen molar-refractivity contribution in [1.29, 1.82) is 0 Å². The zero-order valence-electron chi connectivity index (χ0n) is 12.5. The van der Waals surface area contributed by atoms with Crippen LogP contribution in [0.25, 0.3) is 0 Å². The van der Waals surface area contributed by atoms with E-state index < -0.39 is 0 Å². The Bertz CT molecular complexity index is 319. The zero-order valence-corrected chi connectivity index (χ0v) is 12.5. The summed E-state index contributed by atoms with van der Waals surface area (Å²) in [6.45, 7) is 8.47. The molecular formula is C16H27NO2. The van der Waals surface area contributed by atoms with E-state index in [2.05, 4.69) is 18.5 Å². The van der Waals surface area contributed by atoms with Gasteiger partial charge >= 0.3 is 5.97 Å². The number of hydrogen-bond acceptors (Lipinski definition) is 3. The molecule has 108 valence electrons. The third-order valence-corrected chi connectivity index (χ3v) is 2.85. The average Bonchev–Trinajstić information content (AvgIpc) is 2.40. The van der Waals surface area contributed by atoms with Crippen molar-refractivity contribution in [2.45, 2.75) is 46.0 Å². The highest BCUT2D eigenvalue weighted by atomic mass is 16.5. The topological polar surface area (TPSA) is 38.7 Å². The van der Waals surface area contributed by atoms with Gasteiger partial charge in [-0.1, -0.05) is 44.9 Å². The Labute approximate surface area is 117 Å². The largest absolute Gasteiger partial charge is 0.465 e. The van der Waals surface area contributed by atoms with E-state index in [-0.39, 0.29) is 11.9 Å². The molecule has 19 heavy (non-hydrogen) atoms. The molecule has 0 fully saturated rings. The quantitative estimate of drug-likeness (QED) is 0.260. The minimum absolute atomic E-state index is 0.0174. The van der Waals surface area contributed by atoms with Crippen LogP contribution in [-0.4, -0.2) is 25.8 Å². The molecule has 0 aliphatic carbocycles. The summed E-state index contributed by atoms with van der Waals surface area (Å²) in [6.07, 6.45) is 10.3. The number of aliphatic imine (C=N–C) groups is 1. The summed E-state index contributed by atoms with van der Waals surface area (Å²) in [5.41, 5.74) is 1.02. The van der Waals surface area contributed by atoms with Gasteiger partial charge < -0.3 is 4.74 Å². The molecule has 3 nitrogen and oxygen atoms in total. The first-order chi connectivity index (χ1) is 9.11. The molecule has 0 saturated carbocycles. The molecule has 3 heteroatoms. The molecule has 0 spiro atoms. The fraction of sp³-hybridized carbons (Fsp3) is 0.625. The lowest BCUT2D eigenvalue weighted by Gasteiger charge is -2.10. The highest BCUT2D eigenvalue weighted by molar-refractivity contribution is 5.72. The third-order valence-electron chi connectivity index (χ3n) is 2.85. The average molecular weight is 265 g/mol. The Balaban J connectivity index is 3.68. The van der Waals surface area contributed by atoms with Crippen LogP contribution in [0.2, 0.25) is 0 Å². The third kappa shape index (κ3) is 10.2. The first-order valence-corrected chi connectivity index (χ1v) is 7.05. The molecule has 0 amide bonds. The Hall–Kier alpha value is -1.38. The van der Waals surface area contributed by atoms with Crippen molar-refractivity contribution in [2.24, 2.45) is 10.9 Å². The first-order valence-electron chi connectivity index (χ1n) is 7.05. The van der Waals surface area contributed by atoms with Gasteiger partial charge in [0, 0.05) is 13.3 Å². The predicted octanol–water partition coefficient (Wildman–Crippen LogP) is 3.95. The fourth-order valence-electron chi connectivity index (χ4n) is 1.59. The molecule has 0 aromatic heterocycles. The van der Waals surface area contributed by atoms with Crippen LogP contribution in [0.3, 0.4) is 0 Å². The van der Waals surface area contributed by atoms with Crippen molar-refractivity contribution in [3.63, 3.8) is 0 Å². The van der Waals surface area contributed by atoms with E-state index in [9.17, 15) is 4.79 Å². The second-order valence-corrected chi connectivity index (χ2v) is 4.74. The molecule has 1 atom stereocenters. The number of ether oxygens (including phenoxy) is 1. The molecule has 0 saturated heterocycles. The zero-order chi connectivity index (χ0) is 14.5. The van der Waals surface area contributed by atoms with Gasteiger partial charge in [-0.2, -0.15) is 0 Å². The minimum Gasteiger partial charge on any atom is -0.465 e. The lowest BCUT2D eigenvalue weighted by molar-refractivity contribution is -0.148. The van der Waals surface area contributed by atoms with Crippen molar-refractivity contribution < 1.29 is 9.53 Å². The van der Waals surface area contributed by atoms with Crippen LogP contribution in [0, 0.1) is 5.92 Å². The van der Waals surface area contributed by atoms with Crippen LogP contribution >= 0.6 is 0 Å². The van der Waals surface area contributed by atoms with Gasteiger partial charge in [-0.15, -0.1) is 0 Å². The maximum absolute atomic E-state index is 11.6. The minimum atomic E-state index is -0.0762. The van der Waals surface area contributed by atoms with E-state index in [4.69, 9.17) is 4.74 Å². The van der Waals surface area contributed by atoms with Gasteiger partial charge in [-0.05, 0) is 25.3 Å². The summed E-state index contributed by atoms with van der Waals surface area (Å²) in [4.78, 5) is 15.5. The second kappa shape index (κ2) is 11.7. The number of esters is 1. The number of allylic oxidation sites excluding steroid dienone is 3. The highest BCUT2D eigenvalue weighted by Crippen LogP contribution is 2.10. The summed E-state index contributed by atoms with van der Waals surface area (Å²) in [6, 6.07) is 0. The van der Waals surface area contributed by atoms with E-state index in [0.717, 1.165) is 37.7 Å². The van der Waals surface area contributed by atoms with Crippen LogP contribution in [-0.2, 0) is 9.53 Å². The number of hydrogen-bond donors (Lipinski definition) is 0. The Kier molecular flexibility index (Phi) is 10.8. The molecule has 0 aliphatic rings. The monoisotopic (exact) mass is 265 g/mol. The second-order valence-electron chi connectivity index (χ2n) is 4.74. The summed E-state index contributed by atoms with van der Waals surface area (Å²) >= 11 is 0. The molecule has 0 aromatic rings. The molecule has 0 radical (unpaired) electrons. The lowest BCUT2D eigenvalue weighted by atomic mass is 10.1. The molecular weight excluding hydrogens is 238 g/mol. The molecule has 0 N–H and O–H groups in total.